The van der Waals surface area contributed by atoms with Crippen LogP contribution in [0.15, 0.2) is 217 Å². The van der Waals surface area contributed by atoms with E-state index in [-0.39, 0.29) is 5.41 Å². The quantitative estimate of drug-likeness (QED) is 0.167. The summed E-state index contributed by atoms with van der Waals surface area (Å²) in [6.07, 6.45) is 0. The maximum absolute atomic E-state index is 6.98. The maximum atomic E-state index is 6.98. The molecule has 0 amide bonds. The first kappa shape index (κ1) is 36.5. The molecule has 0 unspecified atom stereocenters. The van der Waals surface area contributed by atoms with Crippen molar-refractivity contribution in [2.45, 2.75) is 19.3 Å². The van der Waals surface area contributed by atoms with Crippen molar-refractivity contribution in [3.8, 4) is 67.1 Å². The first-order valence-electron chi connectivity index (χ1n) is 22.1. The van der Waals surface area contributed by atoms with Crippen LogP contribution in [0.1, 0.15) is 25.0 Å². The van der Waals surface area contributed by atoms with Gasteiger partial charge in [0.25, 0.3) is 0 Å². The van der Waals surface area contributed by atoms with Gasteiger partial charge in [0.1, 0.15) is 22.7 Å². The van der Waals surface area contributed by atoms with E-state index in [1.54, 1.807) is 0 Å². The van der Waals surface area contributed by atoms with Crippen molar-refractivity contribution >= 4 is 49.8 Å². The third-order valence-electron chi connectivity index (χ3n) is 13.6. The monoisotopic (exact) mass is 819 g/mol. The van der Waals surface area contributed by atoms with Crippen molar-refractivity contribution in [3.63, 3.8) is 0 Å². The van der Waals surface area contributed by atoms with Gasteiger partial charge in [-0.1, -0.05) is 147 Å². The molecule has 2 aliphatic rings. The Balaban J connectivity index is 0.969. The molecule has 64 heavy (non-hydrogen) atoms. The number of furan rings is 1. The fourth-order valence-electron chi connectivity index (χ4n) is 10.5. The van der Waals surface area contributed by atoms with E-state index < -0.39 is 0 Å². The van der Waals surface area contributed by atoms with Crippen LogP contribution in [0.25, 0.3) is 88.3 Å². The molecule has 0 N–H and O–H groups in total. The third-order valence-corrected chi connectivity index (χ3v) is 13.6. The topological polar surface area (TPSA) is 25.6 Å². The van der Waals surface area contributed by atoms with E-state index in [1.165, 1.54) is 44.5 Å². The van der Waals surface area contributed by atoms with Crippen LogP contribution in [0.2, 0.25) is 0 Å². The molecule has 1 aliphatic heterocycles. The number of anilines is 3. The van der Waals surface area contributed by atoms with Gasteiger partial charge in [0.15, 0.2) is 0 Å². The standard InChI is InChI=1S/C61H41NO2/c1-61(2)53-22-11-9-18-46(53)47-28-25-45(37-54(47)61)62(44-26-30-57-52(36-44)48-19-10-12-23-56(48)63-57)55-29-31-58-60-50(20-13-21-51(55)60)49-27-24-40(35-59(49)64-58)43-33-41(38-14-5-3-6-15-38)32-42(34-43)39-16-7-4-8-17-39/h3-37H,1-2H3. The number of ether oxygens (including phenoxy) is 1. The highest BCUT2D eigenvalue weighted by atomic mass is 16.5. The van der Waals surface area contributed by atoms with E-state index in [0.717, 1.165) is 83.5 Å². The Morgan fingerprint density at radius 3 is 1.77 bits per heavy atom. The molecule has 1 aliphatic carbocycles. The number of hydrogen-bond donors (Lipinski definition) is 0. The summed E-state index contributed by atoms with van der Waals surface area (Å²) in [6, 6.07) is 76.7. The van der Waals surface area contributed by atoms with Crippen LogP contribution in [0.4, 0.5) is 17.1 Å². The van der Waals surface area contributed by atoms with E-state index in [0.29, 0.717) is 0 Å². The molecule has 13 rings (SSSR count). The summed E-state index contributed by atoms with van der Waals surface area (Å²) in [5.41, 5.74) is 19.4. The Bertz CT molecular complexity index is 3620. The van der Waals surface area contributed by atoms with E-state index in [9.17, 15) is 0 Å². The minimum Gasteiger partial charge on any atom is -0.456 e. The van der Waals surface area contributed by atoms with E-state index in [2.05, 4.69) is 219 Å². The molecular formula is C61H41NO2. The predicted molar refractivity (Wildman–Crippen MR) is 265 cm³/mol. The highest BCUT2D eigenvalue weighted by Gasteiger charge is 2.36. The Kier molecular flexibility index (Phi) is 7.95. The van der Waals surface area contributed by atoms with Gasteiger partial charge in [0.2, 0.25) is 0 Å². The van der Waals surface area contributed by atoms with Gasteiger partial charge in [-0.2, -0.15) is 0 Å². The Morgan fingerprint density at radius 1 is 0.359 bits per heavy atom. The summed E-state index contributed by atoms with van der Waals surface area (Å²) in [5, 5.41) is 4.42. The summed E-state index contributed by atoms with van der Waals surface area (Å²) in [5.74, 6) is 1.70. The van der Waals surface area contributed by atoms with Gasteiger partial charge in [-0.15, -0.1) is 0 Å². The van der Waals surface area contributed by atoms with Crippen molar-refractivity contribution in [2.24, 2.45) is 0 Å². The average molecular weight is 820 g/mol. The lowest BCUT2D eigenvalue weighted by atomic mass is 9.82. The average Bonchev–Trinajstić information content (AvgIpc) is 3.83. The van der Waals surface area contributed by atoms with E-state index in [1.807, 2.05) is 12.1 Å². The molecule has 0 spiro atoms. The smallest absolute Gasteiger partial charge is 0.136 e. The molecule has 0 saturated carbocycles. The number of rotatable bonds is 6. The zero-order valence-corrected chi connectivity index (χ0v) is 35.5. The van der Waals surface area contributed by atoms with Gasteiger partial charge >= 0.3 is 0 Å². The van der Waals surface area contributed by atoms with Gasteiger partial charge in [-0.25, -0.2) is 0 Å². The molecule has 11 aromatic rings. The largest absolute Gasteiger partial charge is 0.456 e. The van der Waals surface area contributed by atoms with Crippen LogP contribution >= 0.6 is 0 Å². The second-order valence-corrected chi connectivity index (χ2v) is 17.7. The normalized spacial score (nSPS) is 13.1. The lowest BCUT2D eigenvalue weighted by Crippen LogP contribution is -2.16. The number of nitrogens with zero attached hydrogens (tertiary/aromatic N) is 1. The van der Waals surface area contributed by atoms with Gasteiger partial charge in [-0.05, 0) is 140 Å². The number of para-hydroxylation sites is 1. The molecule has 3 heteroatoms. The van der Waals surface area contributed by atoms with Crippen molar-refractivity contribution in [1.82, 2.24) is 0 Å². The molecule has 0 saturated heterocycles. The number of fused-ring (bicyclic) bond motifs is 8. The van der Waals surface area contributed by atoms with Crippen LogP contribution in [0, 0.1) is 0 Å². The maximum Gasteiger partial charge on any atom is 0.136 e. The van der Waals surface area contributed by atoms with Gasteiger partial charge in [-0.3, -0.25) is 0 Å². The van der Waals surface area contributed by atoms with Crippen LogP contribution in [0.3, 0.4) is 0 Å². The second-order valence-electron chi connectivity index (χ2n) is 17.7. The third kappa shape index (κ3) is 5.60. The molecule has 0 atom stereocenters. The molecule has 10 aromatic carbocycles. The fourth-order valence-corrected chi connectivity index (χ4v) is 10.5. The lowest BCUT2D eigenvalue weighted by Gasteiger charge is -2.30. The SMILES string of the molecule is CC1(C)c2ccccc2-c2ccc(N(c3ccc4oc5ccccc5c4c3)c3ccc4c5c(cccc35)-c3ccc(-c5cc(-c6ccccc6)cc(-c6ccccc6)c5)cc3O4)cc21. The number of hydrogen-bond acceptors (Lipinski definition) is 3. The molecule has 302 valence electrons. The second kappa shape index (κ2) is 13.9. The summed E-state index contributed by atoms with van der Waals surface area (Å²) < 4.78 is 13.3. The lowest BCUT2D eigenvalue weighted by molar-refractivity contribution is 0.487. The van der Waals surface area contributed by atoms with Crippen molar-refractivity contribution in [1.29, 1.82) is 0 Å². The fraction of sp³-hybridized carbons (Fsp3) is 0.0492. The zero-order valence-electron chi connectivity index (χ0n) is 35.5. The Labute approximate surface area is 372 Å². The molecule has 0 bridgehead atoms. The first-order valence-corrected chi connectivity index (χ1v) is 22.1. The van der Waals surface area contributed by atoms with Crippen molar-refractivity contribution in [2.75, 3.05) is 4.90 Å². The van der Waals surface area contributed by atoms with E-state index >= 15 is 0 Å². The molecule has 0 fully saturated rings. The number of benzene rings is 10. The van der Waals surface area contributed by atoms with Crippen molar-refractivity contribution < 1.29 is 9.15 Å². The molecule has 0 radical (unpaired) electrons. The van der Waals surface area contributed by atoms with E-state index in [4.69, 9.17) is 9.15 Å². The highest BCUT2D eigenvalue weighted by Crippen LogP contribution is 2.54. The minimum absolute atomic E-state index is 0.152. The molecule has 1 aromatic heterocycles. The summed E-state index contributed by atoms with van der Waals surface area (Å²) >= 11 is 0. The van der Waals surface area contributed by atoms with Gasteiger partial charge in [0, 0.05) is 43.9 Å². The van der Waals surface area contributed by atoms with Gasteiger partial charge in [0.05, 0.1) is 5.69 Å². The van der Waals surface area contributed by atoms with Crippen LogP contribution < -0.4 is 9.64 Å². The van der Waals surface area contributed by atoms with Crippen LogP contribution in [-0.2, 0) is 5.41 Å². The molecular weight excluding hydrogens is 779 g/mol. The highest BCUT2D eigenvalue weighted by molar-refractivity contribution is 6.12. The predicted octanol–water partition coefficient (Wildman–Crippen LogP) is 17.3. The molecule has 3 nitrogen and oxygen atoms in total. The molecule has 2 heterocycles. The van der Waals surface area contributed by atoms with Crippen LogP contribution in [-0.4, -0.2) is 0 Å². The Hall–Kier alpha value is -8.14. The van der Waals surface area contributed by atoms with Crippen LogP contribution in [0.5, 0.6) is 11.5 Å². The summed E-state index contributed by atoms with van der Waals surface area (Å²) in [6.45, 7) is 4.70. The summed E-state index contributed by atoms with van der Waals surface area (Å²) in [4.78, 5) is 2.42. The first-order chi connectivity index (χ1) is 31.5. The Morgan fingerprint density at radius 2 is 0.969 bits per heavy atom. The zero-order chi connectivity index (χ0) is 42.5. The van der Waals surface area contributed by atoms with Gasteiger partial charge < -0.3 is 14.1 Å². The minimum atomic E-state index is -0.152. The summed E-state index contributed by atoms with van der Waals surface area (Å²) in [7, 11) is 0. The van der Waals surface area contributed by atoms with Crippen molar-refractivity contribution in [3.05, 3.63) is 223 Å².